The van der Waals surface area contributed by atoms with Crippen molar-refractivity contribution in [3.05, 3.63) is 103 Å². The quantitative estimate of drug-likeness (QED) is 0.0728. The Morgan fingerprint density at radius 2 is 0.482 bits per heavy atom. The molecule has 4 aliphatic carbocycles. The van der Waals surface area contributed by atoms with Gasteiger partial charge in [-0.05, 0) is 177 Å². The molecule has 13 rings (SSSR count). The normalized spacial score (nSPS) is 33.0. The monoisotopic (exact) mass is 1310 g/mol. The summed E-state index contributed by atoms with van der Waals surface area (Å²) in [6.07, 6.45) is 26.4. The zero-order valence-electron chi connectivity index (χ0n) is 46.8. The summed E-state index contributed by atoms with van der Waals surface area (Å²) < 4.78 is 117. The average Bonchev–Trinajstić information content (AvgIpc) is 2.28. The fourth-order valence-corrected chi connectivity index (χ4v) is 16.1. The van der Waals surface area contributed by atoms with E-state index in [2.05, 4.69) is 49.0 Å². The van der Waals surface area contributed by atoms with Crippen LogP contribution in [0.15, 0.2) is 117 Å². The molecule has 9 fully saturated rings. The van der Waals surface area contributed by atoms with Crippen molar-refractivity contribution >= 4 is 40.5 Å². The third-order valence-corrected chi connectivity index (χ3v) is 21.6. The fourth-order valence-electron chi connectivity index (χ4n) is 14.2. The number of hydrogen-bond donors (Lipinski definition) is 16. The van der Waals surface area contributed by atoms with Gasteiger partial charge in [-0.1, -0.05) is 51.4 Å². The third-order valence-electron chi connectivity index (χ3n) is 18.1. The topological polar surface area (TPSA) is 395 Å². The van der Waals surface area contributed by atoms with Gasteiger partial charge in [0.05, 0.1) is 62.7 Å². The van der Waals surface area contributed by atoms with Crippen LogP contribution < -0.4 is 42.5 Å². The zero-order chi connectivity index (χ0) is 60.1. The van der Waals surface area contributed by atoms with Crippen molar-refractivity contribution < 1.29 is 91.8 Å². The van der Waals surface area contributed by atoms with Crippen molar-refractivity contribution in [3.63, 3.8) is 0 Å². The van der Waals surface area contributed by atoms with Gasteiger partial charge in [0.2, 0.25) is 0 Å². The molecule has 5 saturated heterocycles. The molecule has 16 atom stereocenters. The summed E-state index contributed by atoms with van der Waals surface area (Å²) in [4.78, 5) is -0.906. The SMILES string of the molecule is O=S(=O)(O)c1ccc(O)cc1.O=S(=O)(O)c1ccc(O)cc1.O=S(=O)(O)c1ccc(O)cc1.O=S(=O)(O)c1ccc(O)cc1.[CH-]1CCCC2C3NC(NC4NC(NC5NC(NC6NC(N3)C3CCCCC63)C3CCCCC53)C3CCCCC43)C12.[Zn]. The van der Waals surface area contributed by atoms with Gasteiger partial charge in [0.25, 0.3) is 40.5 Å². The van der Waals surface area contributed by atoms with Crippen LogP contribution in [0.4, 0.5) is 0 Å². The van der Waals surface area contributed by atoms with Crippen LogP contribution in [0.2, 0.25) is 0 Å². The molecule has 4 aromatic rings. The first kappa shape index (κ1) is 67.0. The minimum atomic E-state index is -4.13. The Labute approximate surface area is 510 Å². The molecule has 24 nitrogen and oxygen atoms in total. The second kappa shape index (κ2) is 28.7. The van der Waals surface area contributed by atoms with Crippen LogP contribution in [-0.4, -0.2) is 122 Å². The van der Waals surface area contributed by atoms with Crippen LogP contribution in [0.25, 0.3) is 0 Å². The van der Waals surface area contributed by atoms with E-state index in [4.69, 9.17) is 38.6 Å². The maximum Gasteiger partial charge on any atom is 0.294 e. The molecular formula is C56H79N8O16S4Zn-. The minimum Gasteiger partial charge on any atom is -0.508 e. The largest absolute Gasteiger partial charge is 0.508 e. The van der Waals surface area contributed by atoms with Crippen LogP contribution in [0, 0.1) is 53.8 Å². The zero-order valence-corrected chi connectivity index (χ0v) is 53.1. The van der Waals surface area contributed by atoms with Crippen LogP contribution in [0.1, 0.15) is 96.3 Å². The Balaban J connectivity index is 0.000000170. The molecule has 0 spiro atoms. The van der Waals surface area contributed by atoms with Gasteiger partial charge in [-0.2, -0.15) is 40.1 Å². The number of nitrogens with one attached hydrogen (secondary N) is 8. The van der Waals surface area contributed by atoms with Crippen molar-refractivity contribution in [1.29, 1.82) is 0 Å². The molecule has 29 heteroatoms. The number of phenols is 4. The predicted molar refractivity (Wildman–Crippen MR) is 309 cm³/mol. The summed E-state index contributed by atoms with van der Waals surface area (Å²) in [5.41, 5.74) is 0. The Hall–Kier alpha value is -3.98. The molecule has 0 radical (unpaired) electrons. The molecule has 16 N–H and O–H groups in total. The first-order valence-electron chi connectivity index (χ1n) is 28.8. The molecule has 4 aromatic carbocycles. The molecule has 0 amide bonds. The smallest absolute Gasteiger partial charge is 0.294 e. The number of phenolic OH excluding ortho intramolecular Hbond substituents is 4. The Bertz CT molecular complexity index is 2790. The van der Waals surface area contributed by atoms with E-state index in [0.717, 1.165) is 84.0 Å². The third kappa shape index (κ3) is 17.3. The van der Waals surface area contributed by atoms with E-state index >= 15 is 0 Å². The number of hydrogen-bond acceptors (Lipinski definition) is 20. The Kier molecular flexibility index (Phi) is 22.6. The van der Waals surface area contributed by atoms with Gasteiger partial charge in [0.15, 0.2) is 0 Å². The van der Waals surface area contributed by atoms with Gasteiger partial charge in [0.1, 0.15) is 23.0 Å². The minimum absolute atomic E-state index is 0. The first-order valence-corrected chi connectivity index (χ1v) is 34.5. The summed E-state index contributed by atoms with van der Waals surface area (Å²) in [7, 11) is -16.5. The summed E-state index contributed by atoms with van der Waals surface area (Å²) >= 11 is 0. The summed E-state index contributed by atoms with van der Waals surface area (Å²) in [6, 6.07) is 18.4. The van der Waals surface area contributed by atoms with E-state index in [1.807, 2.05) is 0 Å². The van der Waals surface area contributed by atoms with E-state index in [9.17, 15) is 33.7 Å². The van der Waals surface area contributed by atoms with E-state index in [-0.39, 0.29) is 62.1 Å². The van der Waals surface area contributed by atoms with Crippen LogP contribution in [0.5, 0.6) is 23.0 Å². The van der Waals surface area contributed by atoms with Gasteiger partial charge < -0.3 is 26.8 Å². The van der Waals surface area contributed by atoms with Crippen molar-refractivity contribution in [3.8, 4) is 23.0 Å². The van der Waals surface area contributed by atoms with E-state index < -0.39 is 40.5 Å². The van der Waals surface area contributed by atoms with Crippen molar-refractivity contribution in [2.45, 2.75) is 165 Å². The molecule has 4 saturated carbocycles. The second-order valence-electron chi connectivity index (χ2n) is 23.3. The van der Waals surface area contributed by atoms with Crippen LogP contribution >= 0.6 is 0 Å². The summed E-state index contributed by atoms with van der Waals surface area (Å²) in [6.45, 7) is 0. The number of aromatic hydroxyl groups is 4. The van der Waals surface area contributed by atoms with Crippen LogP contribution in [0.3, 0.4) is 0 Å². The molecular weight excluding hydrogens is 1230 g/mol. The van der Waals surface area contributed by atoms with Crippen molar-refractivity contribution in [2.24, 2.45) is 47.3 Å². The maximum atomic E-state index is 10.4. The van der Waals surface area contributed by atoms with Gasteiger partial charge >= 0.3 is 0 Å². The number of benzene rings is 4. The van der Waals surface area contributed by atoms with Crippen molar-refractivity contribution in [2.75, 3.05) is 0 Å². The first-order chi connectivity index (χ1) is 39.8. The van der Waals surface area contributed by atoms with Gasteiger partial charge in [-0.3, -0.25) is 60.7 Å². The predicted octanol–water partition coefficient (Wildman–Crippen LogP) is 4.97. The van der Waals surface area contributed by atoms with E-state index in [1.54, 1.807) is 0 Å². The van der Waals surface area contributed by atoms with E-state index in [0.29, 0.717) is 61.2 Å². The Morgan fingerprint density at radius 3 is 0.694 bits per heavy atom. The standard InChI is InChI=1S/C32H55N8.4C6H6O4S.Zn/c1-2-10-18-17(9-1)25-33-26(18)38-28-21-13-5-6-14-22(21)30(35-28)40-32-24-16-8-7-15-23(24)31(36-32)39-29-20-12-4-3-11-19(20)27(34-29)37-25;4*7-5-1-3-6(4-2-5)11(8,9)10;/h9,17-40H,1-8,10-16H2;4*1-4,7H,(H,8,9,10);/q-1;;;;;. The molecule has 9 aliphatic rings. The van der Waals surface area contributed by atoms with E-state index in [1.165, 1.54) is 145 Å². The molecule has 466 valence electrons. The van der Waals surface area contributed by atoms with Gasteiger partial charge in [0, 0.05) is 25.6 Å². The fraction of sp³-hybridized carbons (Fsp3) is 0.554. The van der Waals surface area contributed by atoms with Gasteiger partial charge in [-0.25, -0.2) is 0 Å². The molecule has 5 heterocycles. The molecule has 5 aliphatic heterocycles. The van der Waals surface area contributed by atoms with Crippen molar-refractivity contribution in [1.82, 2.24) is 42.5 Å². The molecule has 85 heavy (non-hydrogen) atoms. The van der Waals surface area contributed by atoms with Crippen LogP contribution in [-0.2, 0) is 60.0 Å². The summed E-state index contributed by atoms with van der Waals surface area (Å²) in [5.74, 6) is 5.56. The molecule has 8 bridgehead atoms. The molecule has 16 unspecified atom stereocenters. The second-order valence-corrected chi connectivity index (χ2v) is 29.0. The molecule has 0 aromatic heterocycles. The number of rotatable bonds is 4. The maximum absolute atomic E-state index is 10.4. The summed E-state index contributed by atoms with van der Waals surface area (Å²) in [5, 5.41) is 68.6. The average molecular weight is 1310 g/mol. The number of fused-ring (bicyclic) bond motifs is 20. The van der Waals surface area contributed by atoms with Gasteiger partial charge in [-0.15, -0.1) is 5.92 Å². The Morgan fingerprint density at radius 1 is 0.294 bits per heavy atom.